The molecule has 0 bridgehead atoms. The average molecular weight is 264 g/mol. The lowest BCUT2D eigenvalue weighted by atomic mass is 10.2. The van der Waals surface area contributed by atoms with Crippen molar-refractivity contribution < 1.29 is 9.90 Å². The highest BCUT2D eigenvalue weighted by atomic mass is 32.2. The van der Waals surface area contributed by atoms with Crippen LogP contribution in [0.4, 0.5) is 0 Å². The van der Waals surface area contributed by atoms with E-state index in [1.807, 2.05) is 13.0 Å². The first-order chi connectivity index (χ1) is 8.56. The monoisotopic (exact) mass is 264 g/mol. The number of nitrogens with zero attached hydrogens (tertiary/aromatic N) is 2. The van der Waals surface area contributed by atoms with Gasteiger partial charge in [0, 0.05) is 11.8 Å². The van der Waals surface area contributed by atoms with Crippen LogP contribution in [0.2, 0.25) is 0 Å². The number of hydrogen-bond acceptors (Lipinski definition) is 3. The van der Waals surface area contributed by atoms with Crippen LogP contribution in [-0.2, 0) is 0 Å². The summed E-state index contributed by atoms with van der Waals surface area (Å²) in [6.07, 6.45) is 2.06. The summed E-state index contributed by atoms with van der Waals surface area (Å²) in [5, 5.41) is 9.17. The number of hydrogen-bond donors (Lipinski definition) is 1. The van der Waals surface area contributed by atoms with E-state index in [-0.39, 0.29) is 5.56 Å². The molecular weight excluding hydrogens is 248 g/mol. The van der Waals surface area contributed by atoms with Gasteiger partial charge in [-0.2, -0.15) is 11.8 Å². The van der Waals surface area contributed by atoms with Gasteiger partial charge in [-0.15, -0.1) is 0 Å². The third kappa shape index (κ3) is 2.10. The maximum Gasteiger partial charge on any atom is 0.337 e. The molecule has 2 aromatic rings. The Morgan fingerprint density at radius 3 is 2.89 bits per heavy atom. The van der Waals surface area contributed by atoms with E-state index >= 15 is 0 Å². The number of para-hydroxylation sites is 1. The van der Waals surface area contributed by atoms with Crippen LogP contribution in [0.15, 0.2) is 18.2 Å². The van der Waals surface area contributed by atoms with Crippen molar-refractivity contribution in [3.8, 4) is 0 Å². The van der Waals surface area contributed by atoms with Crippen LogP contribution < -0.4 is 0 Å². The second-order valence-corrected chi connectivity index (χ2v) is 5.22. The molecular formula is C13H16N2O2S. The summed E-state index contributed by atoms with van der Waals surface area (Å²) in [6, 6.07) is 5.60. The number of carboxylic acid groups (broad SMARTS) is 1. The average Bonchev–Trinajstić information content (AvgIpc) is 2.64. The van der Waals surface area contributed by atoms with Gasteiger partial charge in [0.25, 0.3) is 0 Å². The van der Waals surface area contributed by atoms with E-state index in [9.17, 15) is 9.90 Å². The molecule has 4 nitrogen and oxygen atoms in total. The summed E-state index contributed by atoms with van der Waals surface area (Å²) >= 11 is 1.77. The molecule has 1 aromatic carbocycles. The number of aromatic nitrogens is 2. The van der Waals surface area contributed by atoms with Gasteiger partial charge in [0.2, 0.25) is 0 Å². The third-order valence-corrected chi connectivity index (χ3v) is 3.79. The van der Waals surface area contributed by atoms with Crippen LogP contribution in [0.25, 0.3) is 11.0 Å². The van der Waals surface area contributed by atoms with E-state index in [4.69, 9.17) is 0 Å². The van der Waals surface area contributed by atoms with Crippen molar-refractivity contribution in [3.63, 3.8) is 0 Å². The fourth-order valence-electron chi connectivity index (χ4n) is 2.28. The van der Waals surface area contributed by atoms with Gasteiger partial charge in [0.05, 0.1) is 11.1 Å². The molecule has 2 rings (SSSR count). The number of rotatable bonds is 4. The summed E-state index contributed by atoms with van der Waals surface area (Å²) in [7, 11) is 0. The molecule has 1 aromatic heterocycles. The summed E-state index contributed by atoms with van der Waals surface area (Å²) in [5.41, 5.74) is 1.75. The predicted molar refractivity (Wildman–Crippen MR) is 74.5 cm³/mol. The Morgan fingerprint density at radius 2 is 2.28 bits per heavy atom. The van der Waals surface area contributed by atoms with Gasteiger partial charge in [-0.05, 0) is 32.2 Å². The third-order valence-electron chi connectivity index (χ3n) is 2.98. The second kappa shape index (κ2) is 5.02. The summed E-state index contributed by atoms with van der Waals surface area (Å²) in [5.74, 6) is 0.909. The first kappa shape index (κ1) is 13.0. The highest BCUT2D eigenvalue weighted by molar-refractivity contribution is 7.98. The Hall–Kier alpha value is -1.49. The van der Waals surface area contributed by atoms with Gasteiger partial charge in [-0.1, -0.05) is 6.07 Å². The zero-order chi connectivity index (χ0) is 13.3. The van der Waals surface area contributed by atoms with Crippen LogP contribution in [0.3, 0.4) is 0 Å². The van der Waals surface area contributed by atoms with Crippen LogP contribution in [0, 0.1) is 6.92 Å². The fourth-order valence-corrected chi connectivity index (χ4v) is 2.91. The number of imidazole rings is 1. The van der Waals surface area contributed by atoms with Crippen LogP contribution >= 0.6 is 11.8 Å². The minimum atomic E-state index is -0.928. The molecule has 0 aliphatic rings. The van der Waals surface area contributed by atoms with E-state index in [2.05, 4.69) is 22.7 Å². The molecule has 0 fully saturated rings. The van der Waals surface area contributed by atoms with Gasteiger partial charge in [-0.25, -0.2) is 9.78 Å². The second-order valence-electron chi connectivity index (χ2n) is 4.31. The van der Waals surface area contributed by atoms with Crippen molar-refractivity contribution in [1.82, 2.24) is 9.55 Å². The Bertz CT molecular complexity index is 592. The lowest BCUT2D eigenvalue weighted by Gasteiger charge is -2.15. The molecule has 0 aliphatic heterocycles. The molecule has 0 spiro atoms. The molecule has 0 aliphatic carbocycles. The molecule has 1 heterocycles. The Balaban J connectivity index is 2.65. The van der Waals surface area contributed by atoms with Crippen LogP contribution in [0.1, 0.15) is 29.1 Å². The van der Waals surface area contributed by atoms with Crippen molar-refractivity contribution in [1.29, 1.82) is 0 Å². The van der Waals surface area contributed by atoms with E-state index in [0.717, 1.165) is 17.1 Å². The van der Waals surface area contributed by atoms with Gasteiger partial charge in [0.15, 0.2) is 0 Å². The fraction of sp³-hybridized carbons (Fsp3) is 0.385. The van der Waals surface area contributed by atoms with Crippen molar-refractivity contribution >= 4 is 28.8 Å². The molecule has 0 radical (unpaired) electrons. The lowest BCUT2D eigenvalue weighted by Crippen LogP contribution is -2.09. The first-order valence-corrected chi connectivity index (χ1v) is 7.15. The molecule has 0 amide bonds. The number of benzene rings is 1. The molecule has 18 heavy (non-hydrogen) atoms. The number of carbonyl (C=O) groups is 1. The Kier molecular flexibility index (Phi) is 3.61. The standard InChI is InChI=1S/C13H16N2O2S/c1-8(7-18-3)15-9(2)14-12-10(13(16)17)5-4-6-11(12)15/h4-6,8H,7H2,1-3H3,(H,16,17). The summed E-state index contributed by atoms with van der Waals surface area (Å²) < 4.78 is 2.11. The highest BCUT2D eigenvalue weighted by Crippen LogP contribution is 2.25. The summed E-state index contributed by atoms with van der Waals surface area (Å²) in [4.78, 5) is 15.6. The molecule has 1 atom stereocenters. The van der Waals surface area contributed by atoms with Crippen molar-refractivity contribution in [2.75, 3.05) is 12.0 Å². The van der Waals surface area contributed by atoms with Crippen molar-refractivity contribution in [2.45, 2.75) is 19.9 Å². The number of aryl methyl sites for hydroxylation is 1. The topological polar surface area (TPSA) is 55.1 Å². The normalized spacial score (nSPS) is 12.8. The Labute approximate surface area is 110 Å². The predicted octanol–water partition coefficient (Wildman–Crippen LogP) is 2.97. The van der Waals surface area contributed by atoms with Crippen LogP contribution in [-0.4, -0.2) is 32.6 Å². The lowest BCUT2D eigenvalue weighted by molar-refractivity contribution is 0.0699. The molecule has 0 saturated carbocycles. The van der Waals surface area contributed by atoms with Gasteiger partial charge in [0.1, 0.15) is 11.3 Å². The summed E-state index contributed by atoms with van der Waals surface area (Å²) in [6.45, 7) is 4.04. The number of carboxylic acids is 1. The van der Waals surface area contributed by atoms with Crippen molar-refractivity contribution in [2.24, 2.45) is 0 Å². The largest absolute Gasteiger partial charge is 0.478 e. The van der Waals surface area contributed by atoms with Gasteiger partial charge >= 0.3 is 5.97 Å². The SMILES string of the molecule is CSCC(C)n1c(C)nc2c(C(=O)O)cccc21. The van der Waals surface area contributed by atoms with Crippen LogP contribution in [0.5, 0.6) is 0 Å². The molecule has 96 valence electrons. The Morgan fingerprint density at radius 1 is 1.56 bits per heavy atom. The van der Waals surface area contributed by atoms with Gasteiger partial charge in [-0.3, -0.25) is 0 Å². The highest BCUT2D eigenvalue weighted by Gasteiger charge is 2.17. The zero-order valence-electron chi connectivity index (χ0n) is 10.7. The number of fused-ring (bicyclic) bond motifs is 1. The first-order valence-electron chi connectivity index (χ1n) is 5.76. The molecule has 0 saturated heterocycles. The van der Waals surface area contributed by atoms with E-state index in [1.54, 1.807) is 23.9 Å². The number of aromatic carboxylic acids is 1. The van der Waals surface area contributed by atoms with E-state index in [1.165, 1.54) is 0 Å². The molecule has 5 heteroatoms. The van der Waals surface area contributed by atoms with Crippen molar-refractivity contribution in [3.05, 3.63) is 29.6 Å². The maximum atomic E-state index is 11.2. The number of thioether (sulfide) groups is 1. The van der Waals surface area contributed by atoms with Gasteiger partial charge < -0.3 is 9.67 Å². The molecule has 1 unspecified atom stereocenters. The minimum absolute atomic E-state index is 0.269. The minimum Gasteiger partial charge on any atom is -0.478 e. The maximum absolute atomic E-state index is 11.2. The van der Waals surface area contributed by atoms with E-state index in [0.29, 0.717) is 11.6 Å². The molecule has 1 N–H and O–H groups in total. The van der Waals surface area contributed by atoms with E-state index < -0.39 is 5.97 Å². The smallest absolute Gasteiger partial charge is 0.337 e. The zero-order valence-corrected chi connectivity index (χ0v) is 11.5. The quantitative estimate of drug-likeness (QED) is 0.922.